The molecule has 1 aliphatic rings. The van der Waals surface area contributed by atoms with Crippen LogP contribution >= 0.6 is 43.2 Å². The van der Waals surface area contributed by atoms with Gasteiger partial charge in [0, 0.05) is 12.6 Å². The average Bonchev–Trinajstić information content (AvgIpc) is 2.84. The summed E-state index contributed by atoms with van der Waals surface area (Å²) in [6, 6.07) is 1.09. The summed E-state index contributed by atoms with van der Waals surface area (Å²) in [5, 5.41) is 8.85. The van der Waals surface area contributed by atoms with E-state index in [2.05, 4.69) is 31.9 Å². The molecule has 0 aliphatic carbocycles. The number of rotatable bonds is 4. The molecule has 1 saturated heterocycles. The van der Waals surface area contributed by atoms with E-state index in [9.17, 15) is 13.2 Å². The van der Waals surface area contributed by atoms with Crippen LogP contribution in [-0.2, 0) is 14.8 Å². The summed E-state index contributed by atoms with van der Waals surface area (Å²) in [7, 11) is -3.64. The lowest BCUT2D eigenvalue weighted by molar-refractivity contribution is -0.137. The second-order valence-corrected chi connectivity index (χ2v) is 9.81. The van der Waals surface area contributed by atoms with E-state index in [1.54, 1.807) is 6.07 Å². The fourth-order valence-electron chi connectivity index (χ4n) is 2.16. The molecular weight excluding hydrogens is 422 g/mol. The summed E-state index contributed by atoms with van der Waals surface area (Å²) in [6.45, 7) is 0.375. The lowest BCUT2D eigenvalue weighted by Crippen LogP contribution is -2.36. The zero-order chi connectivity index (χ0) is 14.2. The third kappa shape index (κ3) is 3.21. The predicted molar refractivity (Wildman–Crippen MR) is 78.9 cm³/mol. The first-order valence-corrected chi connectivity index (χ1v) is 9.35. The molecule has 0 saturated carbocycles. The molecule has 0 aromatic carbocycles. The van der Waals surface area contributed by atoms with E-state index < -0.39 is 22.0 Å². The second kappa shape index (κ2) is 5.80. The van der Waals surface area contributed by atoms with E-state index in [0.29, 0.717) is 27.0 Å². The summed E-state index contributed by atoms with van der Waals surface area (Å²) in [4.78, 5) is 11.0. The number of aliphatic carboxylic acids is 1. The molecule has 0 spiro atoms. The molecule has 2 rings (SSSR count). The highest BCUT2D eigenvalue weighted by atomic mass is 79.9. The van der Waals surface area contributed by atoms with Crippen molar-refractivity contribution in [1.82, 2.24) is 4.31 Å². The number of hydrogen-bond acceptors (Lipinski definition) is 4. The maximum absolute atomic E-state index is 12.5. The molecule has 1 fully saturated rings. The monoisotopic (exact) mass is 431 g/mol. The van der Waals surface area contributed by atoms with Gasteiger partial charge in [-0.15, -0.1) is 11.3 Å². The molecule has 0 amide bonds. The molecule has 1 aromatic heterocycles. The minimum atomic E-state index is -3.64. The smallest absolute Gasteiger partial charge is 0.304 e. The van der Waals surface area contributed by atoms with Crippen molar-refractivity contribution < 1.29 is 18.3 Å². The second-order valence-electron chi connectivity index (χ2n) is 4.20. The Morgan fingerprint density at radius 2 is 2.21 bits per heavy atom. The van der Waals surface area contributed by atoms with Crippen molar-refractivity contribution in [2.45, 2.75) is 30.2 Å². The van der Waals surface area contributed by atoms with Gasteiger partial charge in [0.1, 0.15) is 4.90 Å². The van der Waals surface area contributed by atoms with E-state index in [0.717, 1.165) is 0 Å². The Kier molecular flexibility index (Phi) is 4.71. The maximum Gasteiger partial charge on any atom is 0.304 e. The van der Waals surface area contributed by atoms with Gasteiger partial charge in [-0.05, 0) is 50.8 Å². The van der Waals surface area contributed by atoms with E-state index >= 15 is 0 Å². The zero-order valence-electron chi connectivity index (χ0n) is 9.67. The number of hydrogen-bond donors (Lipinski definition) is 1. The Bertz CT molecular complexity index is 599. The van der Waals surface area contributed by atoms with E-state index in [4.69, 9.17) is 5.11 Å². The number of carbonyl (C=O) groups is 1. The Balaban J connectivity index is 2.33. The van der Waals surface area contributed by atoms with Crippen LogP contribution in [0.4, 0.5) is 0 Å². The van der Waals surface area contributed by atoms with Gasteiger partial charge in [0.2, 0.25) is 10.0 Å². The van der Waals surface area contributed by atoms with Crippen molar-refractivity contribution in [3.63, 3.8) is 0 Å². The molecule has 2 heterocycles. The molecule has 1 aliphatic heterocycles. The molecule has 9 heteroatoms. The van der Waals surface area contributed by atoms with E-state index in [1.165, 1.54) is 15.6 Å². The van der Waals surface area contributed by atoms with Crippen molar-refractivity contribution >= 4 is 59.2 Å². The number of thiophene rings is 1. The number of carboxylic acids is 1. The van der Waals surface area contributed by atoms with Crippen LogP contribution in [0.25, 0.3) is 0 Å². The van der Waals surface area contributed by atoms with Crippen molar-refractivity contribution in [2.75, 3.05) is 6.54 Å². The van der Waals surface area contributed by atoms with Crippen molar-refractivity contribution in [1.29, 1.82) is 0 Å². The summed E-state index contributed by atoms with van der Waals surface area (Å²) in [5.41, 5.74) is 0. The Morgan fingerprint density at radius 3 is 2.74 bits per heavy atom. The van der Waals surface area contributed by atoms with Gasteiger partial charge in [-0.25, -0.2) is 8.42 Å². The highest BCUT2D eigenvalue weighted by Gasteiger charge is 2.37. The van der Waals surface area contributed by atoms with Crippen LogP contribution in [0.5, 0.6) is 0 Å². The highest BCUT2D eigenvalue weighted by Crippen LogP contribution is 2.38. The van der Waals surface area contributed by atoms with Crippen LogP contribution in [0.2, 0.25) is 0 Å². The molecule has 1 N–H and O–H groups in total. The van der Waals surface area contributed by atoms with Crippen molar-refractivity contribution in [3.8, 4) is 0 Å². The maximum atomic E-state index is 12.5. The average molecular weight is 433 g/mol. The minimum Gasteiger partial charge on any atom is -0.481 e. The lowest BCUT2D eigenvalue weighted by atomic mass is 10.2. The zero-order valence-corrected chi connectivity index (χ0v) is 14.5. The van der Waals surface area contributed by atoms with Gasteiger partial charge in [0.15, 0.2) is 0 Å². The molecule has 19 heavy (non-hydrogen) atoms. The van der Waals surface area contributed by atoms with E-state index in [1.807, 2.05) is 0 Å². The highest BCUT2D eigenvalue weighted by molar-refractivity contribution is 9.12. The van der Waals surface area contributed by atoms with Crippen LogP contribution in [0.15, 0.2) is 18.5 Å². The largest absolute Gasteiger partial charge is 0.481 e. The molecule has 5 nitrogen and oxygen atoms in total. The SMILES string of the molecule is O=C(O)CC1CCCN1S(=O)(=O)c1cc(Br)sc1Br. The van der Waals surface area contributed by atoms with Gasteiger partial charge in [0.05, 0.1) is 14.0 Å². The third-order valence-corrected chi connectivity index (χ3v) is 7.65. The first kappa shape index (κ1) is 15.4. The quantitative estimate of drug-likeness (QED) is 0.793. The van der Waals surface area contributed by atoms with Gasteiger partial charge in [-0.1, -0.05) is 0 Å². The first-order valence-electron chi connectivity index (χ1n) is 5.51. The Hall–Kier alpha value is 0.0400. The number of nitrogens with zero attached hydrogens (tertiary/aromatic N) is 1. The fourth-order valence-corrected chi connectivity index (χ4v) is 7.61. The Labute approximate surface area is 131 Å². The van der Waals surface area contributed by atoms with Crippen LogP contribution in [0.3, 0.4) is 0 Å². The number of carboxylic acid groups (broad SMARTS) is 1. The molecule has 1 atom stereocenters. The van der Waals surface area contributed by atoms with Gasteiger partial charge >= 0.3 is 5.97 Å². The molecular formula is C10H11Br2NO4S2. The van der Waals surface area contributed by atoms with Crippen LogP contribution in [-0.4, -0.2) is 36.4 Å². The molecule has 1 unspecified atom stereocenters. The van der Waals surface area contributed by atoms with Crippen LogP contribution in [0.1, 0.15) is 19.3 Å². The number of halogens is 2. The van der Waals surface area contributed by atoms with Crippen LogP contribution < -0.4 is 0 Å². The standard InChI is InChI=1S/C10H11Br2NO4S2/c11-8-5-7(10(12)18-8)19(16,17)13-3-1-2-6(13)4-9(14)15/h5-6H,1-4H2,(H,14,15). The van der Waals surface area contributed by atoms with Gasteiger partial charge < -0.3 is 5.11 Å². The van der Waals surface area contributed by atoms with Gasteiger partial charge in [-0.3, -0.25) is 4.79 Å². The van der Waals surface area contributed by atoms with E-state index in [-0.39, 0.29) is 11.3 Å². The topological polar surface area (TPSA) is 74.7 Å². The molecule has 106 valence electrons. The molecule has 0 bridgehead atoms. The van der Waals surface area contributed by atoms with Crippen LogP contribution in [0, 0.1) is 0 Å². The minimum absolute atomic E-state index is 0.151. The Morgan fingerprint density at radius 1 is 1.53 bits per heavy atom. The summed E-state index contributed by atoms with van der Waals surface area (Å²) < 4.78 is 27.6. The summed E-state index contributed by atoms with van der Waals surface area (Å²) in [6.07, 6.45) is 1.14. The fraction of sp³-hybridized carbons (Fsp3) is 0.500. The first-order chi connectivity index (χ1) is 8.82. The van der Waals surface area contributed by atoms with Crippen molar-refractivity contribution in [3.05, 3.63) is 13.6 Å². The third-order valence-electron chi connectivity index (χ3n) is 2.95. The van der Waals surface area contributed by atoms with Crippen molar-refractivity contribution in [2.24, 2.45) is 0 Å². The molecule has 1 aromatic rings. The van der Waals surface area contributed by atoms with Gasteiger partial charge in [0.25, 0.3) is 0 Å². The van der Waals surface area contributed by atoms with Gasteiger partial charge in [-0.2, -0.15) is 4.31 Å². The summed E-state index contributed by atoms with van der Waals surface area (Å²) in [5.74, 6) is -0.974. The lowest BCUT2D eigenvalue weighted by Gasteiger charge is -2.22. The normalized spacial score (nSPS) is 20.8. The summed E-state index contributed by atoms with van der Waals surface area (Å²) >= 11 is 7.77. The predicted octanol–water partition coefficient (Wildman–Crippen LogP) is 2.90. The number of sulfonamides is 1. The molecule has 0 radical (unpaired) electrons.